The first-order valence-corrected chi connectivity index (χ1v) is 24.9. The van der Waals surface area contributed by atoms with Crippen molar-refractivity contribution in [2.45, 2.75) is 225 Å². The average Bonchev–Trinajstić information content (AvgIpc) is 3.15. The second kappa shape index (κ2) is 39.2. The van der Waals surface area contributed by atoms with Crippen molar-refractivity contribution in [2.24, 2.45) is 0 Å². The lowest BCUT2D eigenvalue weighted by Gasteiger charge is -2.28. The molecule has 0 aliphatic carbocycles. The zero-order valence-corrected chi connectivity index (χ0v) is 38.2. The summed E-state index contributed by atoms with van der Waals surface area (Å²) >= 11 is 0. The van der Waals surface area contributed by atoms with Crippen molar-refractivity contribution in [1.29, 1.82) is 0 Å². The van der Waals surface area contributed by atoms with E-state index in [1.54, 1.807) is 0 Å². The van der Waals surface area contributed by atoms with Crippen molar-refractivity contribution in [1.82, 2.24) is 0 Å². The van der Waals surface area contributed by atoms with Crippen LogP contribution in [0.2, 0.25) is 0 Å². The van der Waals surface area contributed by atoms with E-state index in [0.717, 1.165) is 38.5 Å². The Labute approximate surface area is 346 Å². The molecular formula is C46H90NO8P. The fourth-order valence-electron chi connectivity index (χ4n) is 6.59. The SMILES string of the molecule is CCCCCCCCCCC/C=C\CCCCC(=O)O[C@H](COC(=O)CCCCCCCCCCCCCCCCCCC)COP(=O)([O-])OCC[N+](C)(C)C. The van der Waals surface area contributed by atoms with Gasteiger partial charge in [0.2, 0.25) is 0 Å². The van der Waals surface area contributed by atoms with E-state index < -0.39 is 26.5 Å². The molecule has 0 radical (unpaired) electrons. The molecule has 10 heteroatoms. The summed E-state index contributed by atoms with van der Waals surface area (Å²) in [6.45, 7) is 4.24. The van der Waals surface area contributed by atoms with Crippen LogP contribution in [-0.4, -0.2) is 70.0 Å². The maximum absolute atomic E-state index is 12.7. The van der Waals surface area contributed by atoms with Crippen LogP contribution in [0.5, 0.6) is 0 Å². The van der Waals surface area contributed by atoms with Gasteiger partial charge in [-0.05, 0) is 38.5 Å². The second-order valence-electron chi connectivity index (χ2n) is 17.1. The Morgan fingerprint density at radius 2 is 0.911 bits per heavy atom. The van der Waals surface area contributed by atoms with Gasteiger partial charge >= 0.3 is 11.9 Å². The van der Waals surface area contributed by atoms with Crippen molar-refractivity contribution < 1.29 is 42.1 Å². The van der Waals surface area contributed by atoms with Gasteiger partial charge < -0.3 is 27.9 Å². The molecule has 9 nitrogen and oxygen atoms in total. The molecule has 332 valence electrons. The van der Waals surface area contributed by atoms with Crippen LogP contribution in [0.1, 0.15) is 219 Å². The van der Waals surface area contributed by atoms with Gasteiger partial charge in [0.25, 0.3) is 7.82 Å². The molecular weight excluding hydrogens is 725 g/mol. The molecule has 0 aromatic rings. The first kappa shape index (κ1) is 54.8. The second-order valence-corrected chi connectivity index (χ2v) is 18.5. The Hall–Kier alpha value is -1.25. The maximum atomic E-state index is 12.7. The fourth-order valence-corrected chi connectivity index (χ4v) is 7.32. The molecule has 0 spiro atoms. The summed E-state index contributed by atoms with van der Waals surface area (Å²) in [7, 11) is 1.16. The predicted octanol–water partition coefficient (Wildman–Crippen LogP) is 12.7. The number of hydrogen-bond donors (Lipinski definition) is 0. The predicted molar refractivity (Wildman–Crippen MR) is 231 cm³/mol. The summed E-state index contributed by atoms with van der Waals surface area (Å²) < 4.78 is 33.9. The van der Waals surface area contributed by atoms with Crippen molar-refractivity contribution in [3.05, 3.63) is 12.2 Å². The van der Waals surface area contributed by atoms with Gasteiger partial charge in [-0.2, -0.15) is 0 Å². The lowest BCUT2D eigenvalue weighted by atomic mass is 10.0. The third-order valence-electron chi connectivity index (χ3n) is 10.3. The molecule has 0 bridgehead atoms. The number of unbranched alkanes of at least 4 members (excludes halogenated alkanes) is 27. The third kappa shape index (κ3) is 42.4. The van der Waals surface area contributed by atoms with Crippen LogP contribution in [0.25, 0.3) is 0 Å². The Morgan fingerprint density at radius 1 is 0.536 bits per heavy atom. The summed E-state index contributed by atoms with van der Waals surface area (Å²) in [6, 6.07) is 0. The van der Waals surface area contributed by atoms with E-state index in [1.807, 2.05) is 21.1 Å². The topological polar surface area (TPSA) is 111 Å². The number of allylic oxidation sites excluding steroid dienone is 2. The average molecular weight is 816 g/mol. The molecule has 0 aliphatic heterocycles. The number of hydrogen-bond acceptors (Lipinski definition) is 8. The van der Waals surface area contributed by atoms with E-state index in [2.05, 4.69) is 26.0 Å². The normalized spacial score (nSPS) is 13.6. The number of quaternary nitrogens is 1. The van der Waals surface area contributed by atoms with Gasteiger partial charge in [-0.15, -0.1) is 0 Å². The lowest BCUT2D eigenvalue weighted by Crippen LogP contribution is -2.37. The smallest absolute Gasteiger partial charge is 0.306 e. The minimum absolute atomic E-state index is 0.0310. The lowest BCUT2D eigenvalue weighted by molar-refractivity contribution is -0.870. The molecule has 56 heavy (non-hydrogen) atoms. The molecule has 0 saturated heterocycles. The number of phosphoric ester groups is 1. The fraction of sp³-hybridized carbons (Fsp3) is 0.913. The van der Waals surface area contributed by atoms with Gasteiger partial charge in [0, 0.05) is 12.8 Å². The summed E-state index contributed by atoms with van der Waals surface area (Å²) in [6.07, 6.45) is 40.9. The van der Waals surface area contributed by atoms with Crippen molar-refractivity contribution in [3.63, 3.8) is 0 Å². The Bertz CT molecular complexity index is 969. The number of likely N-dealkylation sites (N-methyl/N-ethyl adjacent to an activating group) is 1. The largest absolute Gasteiger partial charge is 0.756 e. The molecule has 0 heterocycles. The quantitative estimate of drug-likeness (QED) is 0.0197. The van der Waals surface area contributed by atoms with E-state index in [9.17, 15) is 19.0 Å². The van der Waals surface area contributed by atoms with E-state index in [-0.39, 0.29) is 32.0 Å². The summed E-state index contributed by atoms with van der Waals surface area (Å²) in [4.78, 5) is 37.6. The first-order chi connectivity index (χ1) is 27.0. The van der Waals surface area contributed by atoms with Gasteiger partial charge in [0.05, 0.1) is 27.7 Å². The number of ether oxygens (including phenoxy) is 2. The zero-order chi connectivity index (χ0) is 41.4. The zero-order valence-electron chi connectivity index (χ0n) is 37.3. The molecule has 1 unspecified atom stereocenters. The number of phosphoric acid groups is 1. The molecule has 0 aromatic heterocycles. The highest BCUT2D eigenvalue weighted by Crippen LogP contribution is 2.38. The molecule has 2 atom stereocenters. The van der Waals surface area contributed by atoms with Crippen molar-refractivity contribution in [2.75, 3.05) is 47.5 Å². The highest BCUT2D eigenvalue weighted by Gasteiger charge is 2.21. The highest BCUT2D eigenvalue weighted by atomic mass is 31.2. The van der Waals surface area contributed by atoms with Gasteiger partial charge in [0.15, 0.2) is 6.10 Å². The number of esters is 2. The maximum Gasteiger partial charge on any atom is 0.306 e. The number of carbonyl (C=O) groups excluding carboxylic acids is 2. The number of rotatable bonds is 43. The van der Waals surface area contributed by atoms with Crippen LogP contribution >= 0.6 is 7.82 Å². The number of carbonyl (C=O) groups is 2. The number of nitrogens with zero attached hydrogens (tertiary/aromatic N) is 1. The molecule has 0 N–H and O–H groups in total. The Balaban J connectivity index is 4.31. The van der Waals surface area contributed by atoms with Gasteiger partial charge in [-0.1, -0.05) is 180 Å². The standard InChI is InChI=1S/C46H90NO8P/c1-6-8-10-12-14-16-18-20-22-23-25-26-28-30-32-34-36-38-45(48)52-42-44(43-54-56(50,51)53-41-40-47(3,4)5)55-46(49)39-37-35-33-31-29-27-24-21-19-17-15-13-11-9-7-2/h29,31,44H,6-28,30,32-43H2,1-5H3/b31-29-/t44-/m1/s1. The monoisotopic (exact) mass is 816 g/mol. The van der Waals surface area contributed by atoms with Gasteiger partial charge in [-0.3, -0.25) is 14.2 Å². The van der Waals surface area contributed by atoms with Gasteiger partial charge in [-0.25, -0.2) is 0 Å². The van der Waals surface area contributed by atoms with Gasteiger partial charge in [0.1, 0.15) is 19.8 Å². The van der Waals surface area contributed by atoms with E-state index >= 15 is 0 Å². The molecule has 0 rings (SSSR count). The molecule has 0 amide bonds. The first-order valence-electron chi connectivity index (χ1n) is 23.4. The van der Waals surface area contributed by atoms with Crippen LogP contribution in [0.4, 0.5) is 0 Å². The molecule has 0 fully saturated rings. The Morgan fingerprint density at radius 3 is 1.36 bits per heavy atom. The summed E-state index contributed by atoms with van der Waals surface area (Å²) in [5.74, 6) is -0.848. The third-order valence-corrected chi connectivity index (χ3v) is 11.2. The summed E-state index contributed by atoms with van der Waals surface area (Å²) in [5, 5.41) is 0. The molecule has 0 saturated carbocycles. The van der Waals surface area contributed by atoms with Crippen LogP contribution in [0, 0.1) is 0 Å². The highest BCUT2D eigenvalue weighted by molar-refractivity contribution is 7.45. The van der Waals surface area contributed by atoms with Crippen LogP contribution < -0.4 is 4.89 Å². The summed E-state index contributed by atoms with van der Waals surface area (Å²) in [5.41, 5.74) is 0. The van der Waals surface area contributed by atoms with Crippen LogP contribution in [-0.2, 0) is 32.7 Å². The Kier molecular flexibility index (Phi) is 38.3. The van der Waals surface area contributed by atoms with Crippen molar-refractivity contribution in [3.8, 4) is 0 Å². The minimum Gasteiger partial charge on any atom is -0.756 e. The van der Waals surface area contributed by atoms with E-state index in [4.69, 9.17) is 18.5 Å². The van der Waals surface area contributed by atoms with Crippen molar-refractivity contribution >= 4 is 19.8 Å². The van der Waals surface area contributed by atoms with Crippen LogP contribution in [0.15, 0.2) is 12.2 Å². The van der Waals surface area contributed by atoms with Crippen LogP contribution in [0.3, 0.4) is 0 Å². The molecule has 0 aliphatic rings. The van der Waals surface area contributed by atoms with E-state index in [1.165, 1.54) is 148 Å². The molecule has 0 aromatic carbocycles. The van der Waals surface area contributed by atoms with E-state index in [0.29, 0.717) is 17.4 Å². The minimum atomic E-state index is -4.62.